The number of rotatable bonds is 8. The van der Waals surface area contributed by atoms with Crippen molar-refractivity contribution in [3.05, 3.63) is 130 Å². The summed E-state index contributed by atoms with van der Waals surface area (Å²) >= 11 is 0. The number of anilines is 2. The van der Waals surface area contributed by atoms with Crippen molar-refractivity contribution in [1.29, 1.82) is 0 Å². The van der Waals surface area contributed by atoms with Gasteiger partial charge in [0.1, 0.15) is 23.3 Å². The van der Waals surface area contributed by atoms with Crippen LogP contribution in [0.5, 0.6) is 0 Å². The molecule has 8 rings (SSSR count). The predicted octanol–water partition coefficient (Wildman–Crippen LogP) is 0.669. The summed E-state index contributed by atoms with van der Waals surface area (Å²) in [5.74, 6) is -4.23. The quantitative estimate of drug-likeness (QED) is 0.150. The average molecular weight is 691 g/mol. The van der Waals surface area contributed by atoms with Crippen LogP contribution in [-0.2, 0) is 35.3 Å². The molecule has 2 fully saturated rings. The van der Waals surface area contributed by atoms with Gasteiger partial charge in [-0.25, -0.2) is 20.2 Å². The molecule has 4 heterocycles. The van der Waals surface area contributed by atoms with E-state index in [1.54, 1.807) is 60.7 Å². The summed E-state index contributed by atoms with van der Waals surface area (Å²) in [7, 11) is 0. The predicted molar refractivity (Wildman–Crippen MR) is 175 cm³/mol. The molecular formula is C35H26N6O10. The normalized spacial score (nSPS) is 23.5. The Labute approximate surface area is 287 Å². The first-order chi connectivity index (χ1) is 24.6. The highest BCUT2D eigenvalue weighted by atomic mass is 16.8. The van der Waals surface area contributed by atoms with E-state index in [0.717, 1.165) is 20.9 Å². The van der Waals surface area contributed by atoms with Gasteiger partial charge in [0.25, 0.3) is 11.8 Å². The largest absolute Gasteiger partial charge is 0.595 e. The molecule has 0 bridgehead atoms. The Morgan fingerprint density at radius 2 is 0.980 bits per heavy atom. The molecule has 51 heavy (non-hydrogen) atoms. The van der Waals surface area contributed by atoms with Crippen LogP contribution < -0.4 is 20.3 Å². The number of hydrogen-bond acceptors (Lipinski definition) is 12. The monoisotopic (exact) mass is 690 g/mol. The Hall–Kier alpha value is -6.14. The topological polar surface area (TPSA) is 213 Å². The maximum Gasteiger partial charge on any atom is 0.278 e. The molecule has 0 radical (unpaired) electrons. The van der Waals surface area contributed by atoms with Crippen molar-refractivity contribution in [1.82, 2.24) is 0 Å². The number of quaternary nitrogens is 2. The van der Waals surface area contributed by atoms with E-state index in [9.17, 15) is 40.0 Å². The van der Waals surface area contributed by atoms with Crippen LogP contribution in [0.1, 0.15) is 22.3 Å². The first kappa shape index (κ1) is 32.1. The van der Waals surface area contributed by atoms with Crippen LogP contribution in [-0.4, -0.2) is 57.7 Å². The van der Waals surface area contributed by atoms with Gasteiger partial charge in [-0.2, -0.15) is 10.5 Å². The summed E-state index contributed by atoms with van der Waals surface area (Å²) in [5.41, 5.74) is 3.57. The minimum absolute atomic E-state index is 0.0128. The van der Waals surface area contributed by atoms with Crippen LogP contribution in [0.15, 0.2) is 107 Å². The van der Waals surface area contributed by atoms with Crippen molar-refractivity contribution < 1.29 is 49.7 Å². The van der Waals surface area contributed by atoms with Gasteiger partial charge in [0, 0.05) is 35.4 Å². The van der Waals surface area contributed by atoms with Crippen molar-refractivity contribution in [3.8, 4) is 0 Å². The number of carbonyl (C=O) groups is 4. The highest BCUT2D eigenvalue weighted by Gasteiger charge is 2.57. The number of carbonyl (C=O) groups excluding carboxylic acids is 4. The van der Waals surface area contributed by atoms with Gasteiger partial charge in [-0.15, -0.1) is 0 Å². The van der Waals surface area contributed by atoms with Crippen molar-refractivity contribution in [2.75, 3.05) is 9.80 Å². The van der Waals surface area contributed by atoms with E-state index in [4.69, 9.17) is 9.68 Å². The Morgan fingerprint density at radius 3 is 1.35 bits per heavy atom. The fraction of sp³-hybridized carbons (Fsp3) is 0.143. The maximum atomic E-state index is 13.5. The zero-order valence-corrected chi connectivity index (χ0v) is 26.2. The number of hydrogen-bond donors (Lipinski definition) is 4. The number of nitrogens with one attached hydrogen (secondary N) is 2. The SMILES string of the molecule is O=C1C2ON=C(c3cccc([NH+]([O-])O)c3)C2C(=O)N1c1ccc(Cc2ccc(N3C(=O)C4ON=C(c5cccc([NH+]([O-])O)c5)C4C3=O)cc2)cc1. The van der Waals surface area contributed by atoms with Crippen LogP contribution in [0.25, 0.3) is 0 Å². The smallest absolute Gasteiger partial charge is 0.278 e. The second-order valence-electron chi connectivity index (χ2n) is 12.3. The highest BCUT2D eigenvalue weighted by Crippen LogP contribution is 2.37. The molecule has 6 atom stereocenters. The van der Waals surface area contributed by atoms with Gasteiger partial charge >= 0.3 is 0 Å². The molecule has 0 aliphatic carbocycles. The van der Waals surface area contributed by atoms with Gasteiger partial charge in [-0.05, 0) is 41.8 Å². The lowest BCUT2D eigenvalue weighted by Gasteiger charge is -2.17. The van der Waals surface area contributed by atoms with E-state index in [0.29, 0.717) is 28.9 Å². The second kappa shape index (κ2) is 12.3. The molecule has 0 aromatic heterocycles. The van der Waals surface area contributed by atoms with Gasteiger partial charge < -0.3 is 20.1 Å². The summed E-state index contributed by atoms with van der Waals surface area (Å²) < 4.78 is 0. The number of nitrogens with zero attached hydrogens (tertiary/aromatic N) is 4. The van der Waals surface area contributed by atoms with Crippen LogP contribution in [0.4, 0.5) is 22.7 Å². The van der Waals surface area contributed by atoms with Gasteiger partial charge in [0.2, 0.25) is 24.0 Å². The molecule has 4 aliphatic rings. The molecule has 2 saturated heterocycles. The average Bonchev–Trinajstić information content (AvgIpc) is 3.89. The van der Waals surface area contributed by atoms with E-state index in [1.165, 1.54) is 36.4 Å². The van der Waals surface area contributed by atoms with Gasteiger partial charge in [0.05, 0.1) is 11.4 Å². The molecule has 0 spiro atoms. The molecule has 256 valence electrons. The first-order valence-electron chi connectivity index (χ1n) is 15.7. The lowest BCUT2D eigenvalue weighted by molar-refractivity contribution is -0.991. The summed E-state index contributed by atoms with van der Waals surface area (Å²) in [6, 6.07) is 25.5. The molecule has 4 amide bonds. The molecule has 6 unspecified atom stereocenters. The number of fused-ring (bicyclic) bond motifs is 2. The molecule has 16 heteroatoms. The molecule has 16 nitrogen and oxygen atoms in total. The van der Waals surface area contributed by atoms with E-state index < -0.39 is 58.1 Å². The minimum Gasteiger partial charge on any atom is -0.595 e. The van der Waals surface area contributed by atoms with Crippen molar-refractivity contribution in [3.63, 3.8) is 0 Å². The Balaban J connectivity index is 0.944. The van der Waals surface area contributed by atoms with Gasteiger partial charge in [-0.1, -0.05) is 58.8 Å². The Kier molecular flexibility index (Phi) is 7.75. The van der Waals surface area contributed by atoms with E-state index in [1.807, 2.05) is 0 Å². The molecule has 4 N–H and O–H groups in total. The minimum atomic E-state index is -1.15. The molecule has 4 aromatic carbocycles. The van der Waals surface area contributed by atoms with E-state index in [-0.39, 0.29) is 22.8 Å². The molecule has 4 aromatic rings. The summed E-state index contributed by atoms with van der Waals surface area (Å²) in [6.07, 6.45) is -1.84. The summed E-state index contributed by atoms with van der Waals surface area (Å²) in [6.45, 7) is 0. The van der Waals surface area contributed by atoms with Crippen molar-refractivity contribution in [2.24, 2.45) is 22.1 Å². The fourth-order valence-electron chi connectivity index (χ4n) is 6.73. The lowest BCUT2D eigenvalue weighted by Crippen LogP contribution is -2.99. The van der Waals surface area contributed by atoms with Crippen molar-refractivity contribution in [2.45, 2.75) is 18.6 Å². The van der Waals surface area contributed by atoms with Crippen molar-refractivity contribution >= 4 is 57.8 Å². The third kappa shape index (κ3) is 5.35. The lowest BCUT2D eigenvalue weighted by atomic mass is 9.94. The first-order valence-corrected chi connectivity index (χ1v) is 15.7. The molecule has 4 aliphatic heterocycles. The second-order valence-corrected chi connectivity index (χ2v) is 12.3. The van der Waals surface area contributed by atoms with E-state index in [2.05, 4.69) is 10.3 Å². The third-order valence-corrected chi connectivity index (χ3v) is 9.23. The van der Waals surface area contributed by atoms with Crippen LogP contribution in [0, 0.1) is 22.3 Å². The van der Waals surface area contributed by atoms with Crippen LogP contribution in [0.3, 0.4) is 0 Å². The number of imide groups is 2. The van der Waals surface area contributed by atoms with Gasteiger partial charge in [0.15, 0.2) is 11.4 Å². The fourth-order valence-corrected chi connectivity index (χ4v) is 6.73. The zero-order valence-electron chi connectivity index (χ0n) is 26.2. The highest BCUT2D eigenvalue weighted by molar-refractivity contribution is 6.33. The Bertz CT molecular complexity index is 2020. The summed E-state index contributed by atoms with van der Waals surface area (Å²) in [5, 5.41) is 47.2. The van der Waals surface area contributed by atoms with Crippen LogP contribution in [0.2, 0.25) is 0 Å². The molecular weight excluding hydrogens is 664 g/mol. The Morgan fingerprint density at radius 1 is 0.588 bits per heavy atom. The number of benzene rings is 4. The number of oxime groups is 2. The maximum absolute atomic E-state index is 13.5. The van der Waals surface area contributed by atoms with E-state index >= 15 is 0 Å². The van der Waals surface area contributed by atoms with Crippen LogP contribution >= 0.6 is 0 Å². The number of amides is 4. The third-order valence-electron chi connectivity index (χ3n) is 9.23. The van der Waals surface area contributed by atoms with Gasteiger partial charge in [-0.3, -0.25) is 19.2 Å². The summed E-state index contributed by atoms with van der Waals surface area (Å²) in [4.78, 5) is 66.2. The molecule has 0 saturated carbocycles. The zero-order chi connectivity index (χ0) is 35.6. The standard InChI is InChI=1S/C35H26N6O10/c42-32-26-28(20-3-1-5-24(16-20)40(46)47)36-50-30(26)34(44)38(32)22-11-7-18(8-12-22)15-19-9-13-23(14-10-19)39-33(43)27-29(37-51-31(27)35(39)45)21-4-2-6-25(17-21)41(48)49/h1-14,16-17,26-27,30-31,40-41,46,48H,15H2.